The highest BCUT2D eigenvalue weighted by atomic mass is 79.9. The van der Waals surface area contributed by atoms with E-state index >= 15 is 0 Å². The summed E-state index contributed by atoms with van der Waals surface area (Å²) in [6.45, 7) is 1.94. The fraction of sp³-hybridized carbons (Fsp3) is 0.231. The number of rotatable bonds is 2. The van der Waals surface area contributed by atoms with Crippen LogP contribution in [0.1, 0.15) is 11.5 Å². The molecule has 20 heavy (non-hydrogen) atoms. The molecule has 0 aliphatic rings. The molecular formula is C13H11BrCl2N4. The average molecular weight is 374 g/mol. The highest BCUT2D eigenvalue weighted by Crippen LogP contribution is 2.30. The van der Waals surface area contributed by atoms with Crippen LogP contribution >= 0.6 is 39.1 Å². The number of aromatic nitrogens is 4. The van der Waals surface area contributed by atoms with E-state index in [0.717, 1.165) is 32.8 Å². The van der Waals surface area contributed by atoms with Gasteiger partial charge >= 0.3 is 0 Å². The number of halogens is 3. The quantitative estimate of drug-likeness (QED) is 0.630. The monoisotopic (exact) mass is 372 g/mol. The lowest BCUT2D eigenvalue weighted by molar-refractivity contribution is 0.754. The summed E-state index contributed by atoms with van der Waals surface area (Å²) in [5, 5.41) is 5.06. The highest BCUT2D eigenvalue weighted by Gasteiger charge is 2.19. The van der Waals surface area contributed by atoms with Crippen LogP contribution in [-0.4, -0.2) is 19.3 Å². The smallest absolute Gasteiger partial charge is 0.163 e. The van der Waals surface area contributed by atoms with E-state index in [4.69, 9.17) is 23.2 Å². The van der Waals surface area contributed by atoms with Crippen molar-refractivity contribution in [2.75, 3.05) is 0 Å². The van der Waals surface area contributed by atoms with Crippen molar-refractivity contribution in [1.29, 1.82) is 0 Å². The summed E-state index contributed by atoms with van der Waals surface area (Å²) >= 11 is 15.7. The third-order valence-electron chi connectivity index (χ3n) is 3.14. The molecule has 0 fully saturated rings. The summed E-state index contributed by atoms with van der Waals surface area (Å²) in [7, 11) is 1.89. The van der Waals surface area contributed by atoms with Crippen LogP contribution in [0, 0.1) is 6.92 Å². The molecule has 3 aromatic rings. The number of alkyl halides is 1. The number of aryl methyl sites for hydroxylation is 2. The lowest BCUT2D eigenvalue weighted by Gasteiger charge is -2.10. The Balaban J connectivity index is 2.42. The second-order valence-corrected chi connectivity index (χ2v) is 6.03. The maximum Gasteiger partial charge on any atom is 0.163 e. The number of hydrogen-bond donors (Lipinski definition) is 0. The van der Waals surface area contributed by atoms with E-state index in [-0.39, 0.29) is 0 Å². The minimum Gasteiger partial charge on any atom is -0.279 e. The minimum atomic E-state index is 0.313. The predicted molar refractivity (Wildman–Crippen MR) is 84.8 cm³/mol. The van der Waals surface area contributed by atoms with Crippen LogP contribution in [-0.2, 0) is 12.9 Å². The SMILES string of the molecule is Cc1nn(C)c2c1nc(CCl)n2-c1cc(Cl)ccc1Br. The van der Waals surface area contributed by atoms with E-state index in [0.29, 0.717) is 10.9 Å². The molecule has 0 amide bonds. The molecule has 3 rings (SSSR count). The van der Waals surface area contributed by atoms with E-state index in [1.54, 1.807) is 4.68 Å². The van der Waals surface area contributed by atoms with Crippen molar-refractivity contribution in [3.05, 3.63) is 39.2 Å². The third kappa shape index (κ3) is 2.05. The van der Waals surface area contributed by atoms with Crippen LogP contribution in [0.25, 0.3) is 16.9 Å². The second kappa shape index (κ2) is 5.06. The van der Waals surface area contributed by atoms with Gasteiger partial charge < -0.3 is 0 Å². The van der Waals surface area contributed by atoms with Gasteiger partial charge in [-0.1, -0.05) is 11.6 Å². The molecule has 0 saturated heterocycles. The zero-order valence-electron chi connectivity index (χ0n) is 10.9. The lowest BCUT2D eigenvalue weighted by atomic mass is 10.3. The Labute approximate surface area is 134 Å². The van der Waals surface area contributed by atoms with Crippen LogP contribution < -0.4 is 0 Å². The topological polar surface area (TPSA) is 35.6 Å². The number of imidazole rings is 1. The molecule has 0 radical (unpaired) electrons. The Hall–Kier alpha value is -1.04. The van der Waals surface area contributed by atoms with E-state index in [9.17, 15) is 0 Å². The van der Waals surface area contributed by atoms with Crippen molar-refractivity contribution >= 4 is 50.3 Å². The summed E-state index contributed by atoms with van der Waals surface area (Å²) < 4.78 is 4.71. The first kappa shape index (κ1) is 13.9. The molecule has 0 N–H and O–H groups in total. The van der Waals surface area contributed by atoms with Gasteiger partial charge in [-0.05, 0) is 41.1 Å². The van der Waals surface area contributed by atoms with Gasteiger partial charge in [-0.2, -0.15) is 5.10 Å². The van der Waals surface area contributed by atoms with Crippen molar-refractivity contribution in [2.45, 2.75) is 12.8 Å². The number of fused-ring (bicyclic) bond motifs is 1. The first-order chi connectivity index (χ1) is 9.52. The molecule has 4 nitrogen and oxygen atoms in total. The van der Waals surface area contributed by atoms with Gasteiger partial charge in [0, 0.05) is 16.5 Å². The van der Waals surface area contributed by atoms with Crippen molar-refractivity contribution in [1.82, 2.24) is 19.3 Å². The average Bonchev–Trinajstić information content (AvgIpc) is 2.92. The molecule has 2 heterocycles. The molecule has 1 aromatic carbocycles. The Morgan fingerprint density at radius 1 is 1.35 bits per heavy atom. The van der Waals surface area contributed by atoms with Gasteiger partial charge in [0.25, 0.3) is 0 Å². The Bertz CT molecular complexity index is 806. The summed E-state index contributed by atoms with van der Waals surface area (Å²) in [5.74, 6) is 1.08. The first-order valence-corrected chi connectivity index (χ1v) is 7.65. The molecule has 7 heteroatoms. The first-order valence-electron chi connectivity index (χ1n) is 5.95. The zero-order valence-corrected chi connectivity index (χ0v) is 14.0. The molecule has 0 spiro atoms. The molecule has 0 atom stereocenters. The van der Waals surface area contributed by atoms with Gasteiger partial charge in [-0.3, -0.25) is 4.57 Å². The second-order valence-electron chi connectivity index (χ2n) is 4.47. The Kier molecular flexibility index (Phi) is 3.52. The van der Waals surface area contributed by atoms with Crippen LogP contribution in [0.2, 0.25) is 5.02 Å². The Morgan fingerprint density at radius 2 is 2.10 bits per heavy atom. The van der Waals surface area contributed by atoms with Crippen molar-refractivity contribution in [3.63, 3.8) is 0 Å². The van der Waals surface area contributed by atoms with E-state index in [1.807, 2.05) is 36.7 Å². The highest BCUT2D eigenvalue weighted by molar-refractivity contribution is 9.10. The molecule has 0 unspecified atom stereocenters. The minimum absolute atomic E-state index is 0.313. The standard InChI is InChI=1S/C13H11BrCl2N4/c1-7-12-13(19(2)18-7)20(11(6-15)17-12)10-5-8(16)3-4-9(10)14/h3-5H,6H2,1-2H3. The zero-order chi connectivity index (χ0) is 14.4. The van der Waals surface area contributed by atoms with Crippen LogP contribution in [0.15, 0.2) is 22.7 Å². The molecule has 0 saturated carbocycles. The van der Waals surface area contributed by atoms with Gasteiger partial charge in [0.2, 0.25) is 0 Å². The molecular weight excluding hydrogens is 363 g/mol. The summed E-state index contributed by atoms with van der Waals surface area (Å²) in [5.41, 5.74) is 3.54. The molecule has 104 valence electrons. The van der Waals surface area contributed by atoms with Gasteiger partial charge in [-0.15, -0.1) is 11.6 Å². The lowest BCUT2D eigenvalue weighted by Crippen LogP contribution is -2.05. The fourth-order valence-electron chi connectivity index (χ4n) is 2.32. The van der Waals surface area contributed by atoms with Crippen LogP contribution in [0.4, 0.5) is 0 Å². The molecule has 2 aromatic heterocycles. The van der Waals surface area contributed by atoms with E-state index in [2.05, 4.69) is 26.0 Å². The number of benzene rings is 1. The number of hydrogen-bond acceptors (Lipinski definition) is 2. The molecule has 0 aliphatic heterocycles. The van der Waals surface area contributed by atoms with Crippen molar-refractivity contribution in [3.8, 4) is 5.69 Å². The molecule has 0 bridgehead atoms. The van der Waals surface area contributed by atoms with Crippen LogP contribution in [0.5, 0.6) is 0 Å². The van der Waals surface area contributed by atoms with Gasteiger partial charge in [0.1, 0.15) is 11.3 Å². The predicted octanol–water partition coefficient (Wildman–Crippen LogP) is 4.22. The Morgan fingerprint density at radius 3 is 2.80 bits per heavy atom. The van der Waals surface area contributed by atoms with Crippen molar-refractivity contribution in [2.24, 2.45) is 7.05 Å². The van der Waals surface area contributed by atoms with Crippen LogP contribution in [0.3, 0.4) is 0 Å². The number of nitrogens with zero attached hydrogens (tertiary/aromatic N) is 4. The van der Waals surface area contributed by atoms with E-state index in [1.165, 1.54) is 0 Å². The van der Waals surface area contributed by atoms with Crippen molar-refractivity contribution < 1.29 is 0 Å². The molecule has 0 aliphatic carbocycles. The fourth-order valence-corrected chi connectivity index (χ4v) is 3.09. The normalized spacial score (nSPS) is 11.4. The largest absolute Gasteiger partial charge is 0.279 e. The van der Waals surface area contributed by atoms with E-state index < -0.39 is 0 Å². The maximum absolute atomic E-state index is 6.12. The third-order valence-corrected chi connectivity index (χ3v) is 4.29. The summed E-state index contributed by atoms with van der Waals surface area (Å²) in [6, 6.07) is 5.62. The van der Waals surface area contributed by atoms with Gasteiger partial charge in [-0.25, -0.2) is 9.67 Å². The van der Waals surface area contributed by atoms with Gasteiger partial charge in [0.15, 0.2) is 5.65 Å². The van der Waals surface area contributed by atoms with Gasteiger partial charge in [0.05, 0.1) is 17.3 Å². The summed E-state index contributed by atoms with van der Waals surface area (Å²) in [6.07, 6.45) is 0. The maximum atomic E-state index is 6.12. The summed E-state index contributed by atoms with van der Waals surface area (Å²) in [4.78, 5) is 4.58.